The van der Waals surface area contributed by atoms with E-state index in [1.807, 2.05) is 24.3 Å². The van der Waals surface area contributed by atoms with Crippen molar-refractivity contribution < 1.29 is 4.74 Å². The molecule has 0 bridgehead atoms. The van der Waals surface area contributed by atoms with Gasteiger partial charge < -0.3 is 4.74 Å². The van der Waals surface area contributed by atoms with Crippen LogP contribution in [0, 0.1) is 0 Å². The molecule has 0 saturated carbocycles. The standard InChI is InChI=1S/C10H9BrClNO/c11-5-9-6-13-10(14-9)7-1-3-8(12)4-2-7/h1-4,9H,5-6H2. The Morgan fingerprint density at radius 3 is 2.71 bits per heavy atom. The SMILES string of the molecule is Clc1ccc(C2=NCC(CBr)O2)cc1. The fourth-order valence-electron chi connectivity index (χ4n) is 1.25. The molecule has 0 aliphatic carbocycles. The van der Waals surface area contributed by atoms with Crippen molar-refractivity contribution in [1.82, 2.24) is 0 Å². The monoisotopic (exact) mass is 273 g/mol. The topological polar surface area (TPSA) is 21.6 Å². The van der Waals surface area contributed by atoms with Crippen LogP contribution in [0.25, 0.3) is 0 Å². The lowest BCUT2D eigenvalue weighted by atomic mass is 10.2. The molecule has 1 atom stereocenters. The van der Waals surface area contributed by atoms with Crippen LogP contribution in [0.2, 0.25) is 5.02 Å². The van der Waals surface area contributed by atoms with E-state index < -0.39 is 0 Å². The molecular weight excluding hydrogens is 265 g/mol. The predicted octanol–water partition coefficient (Wildman–Crippen LogP) is 2.88. The Balaban J connectivity index is 2.13. The molecule has 4 heteroatoms. The van der Waals surface area contributed by atoms with Gasteiger partial charge in [-0.2, -0.15) is 0 Å². The number of rotatable bonds is 2. The molecule has 0 fully saturated rings. The Morgan fingerprint density at radius 2 is 2.14 bits per heavy atom. The molecule has 1 unspecified atom stereocenters. The second-order valence-corrected chi connectivity index (χ2v) is 4.13. The highest BCUT2D eigenvalue weighted by Gasteiger charge is 2.19. The maximum Gasteiger partial charge on any atom is 0.216 e. The Hall–Kier alpha value is -0.540. The summed E-state index contributed by atoms with van der Waals surface area (Å²) in [6, 6.07) is 7.50. The minimum Gasteiger partial charge on any atom is -0.471 e. The van der Waals surface area contributed by atoms with Gasteiger partial charge in [0.25, 0.3) is 0 Å². The first kappa shape index (κ1) is 9.99. The summed E-state index contributed by atoms with van der Waals surface area (Å²) in [5.74, 6) is 0.714. The van der Waals surface area contributed by atoms with Gasteiger partial charge in [-0.3, -0.25) is 0 Å². The molecule has 14 heavy (non-hydrogen) atoms. The maximum absolute atomic E-state index is 5.79. The highest BCUT2D eigenvalue weighted by atomic mass is 79.9. The average Bonchev–Trinajstić information content (AvgIpc) is 2.67. The third-order valence-corrected chi connectivity index (χ3v) is 2.95. The van der Waals surface area contributed by atoms with Crippen LogP contribution in [-0.4, -0.2) is 23.9 Å². The Kier molecular flexibility index (Phi) is 3.08. The van der Waals surface area contributed by atoms with Gasteiger partial charge in [0.2, 0.25) is 5.90 Å². The molecule has 1 aromatic carbocycles. The first-order valence-corrected chi connectivity index (χ1v) is 5.82. The largest absolute Gasteiger partial charge is 0.471 e. The summed E-state index contributed by atoms with van der Waals surface area (Å²) in [5, 5.41) is 1.54. The van der Waals surface area contributed by atoms with Gasteiger partial charge in [0.15, 0.2) is 0 Å². The van der Waals surface area contributed by atoms with Gasteiger partial charge in [-0.1, -0.05) is 27.5 Å². The molecule has 0 amide bonds. The van der Waals surface area contributed by atoms with Gasteiger partial charge in [-0.05, 0) is 24.3 Å². The summed E-state index contributed by atoms with van der Waals surface area (Å²) in [4.78, 5) is 4.31. The van der Waals surface area contributed by atoms with E-state index in [0.717, 1.165) is 22.5 Å². The summed E-state index contributed by atoms with van der Waals surface area (Å²) in [6.07, 6.45) is 0.167. The number of hydrogen-bond acceptors (Lipinski definition) is 2. The van der Waals surface area contributed by atoms with E-state index in [9.17, 15) is 0 Å². The Labute approximate surface area is 96.1 Å². The number of ether oxygens (including phenoxy) is 1. The van der Waals surface area contributed by atoms with E-state index in [1.165, 1.54) is 0 Å². The molecule has 0 saturated heterocycles. The van der Waals surface area contributed by atoms with Gasteiger partial charge in [-0.15, -0.1) is 0 Å². The van der Waals surface area contributed by atoms with Crippen molar-refractivity contribution in [3.05, 3.63) is 34.9 Å². The van der Waals surface area contributed by atoms with Gasteiger partial charge in [0, 0.05) is 15.9 Å². The van der Waals surface area contributed by atoms with Crippen molar-refractivity contribution >= 4 is 33.4 Å². The van der Waals surface area contributed by atoms with E-state index in [2.05, 4.69) is 20.9 Å². The fourth-order valence-corrected chi connectivity index (χ4v) is 1.71. The second kappa shape index (κ2) is 4.32. The summed E-state index contributed by atoms with van der Waals surface area (Å²) < 4.78 is 5.60. The molecule has 2 rings (SSSR count). The molecular formula is C10H9BrClNO. The smallest absolute Gasteiger partial charge is 0.216 e. The third kappa shape index (κ3) is 2.10. The van der Waals surface area contributed by atoms with E-state index >= 15 is 0 Å². The van der Waals surface area contributed by atoms with E-state index in [-0.39, 0.29) is 6.10 Å². The van der Waals surface area contributed by atoms with E-state index in [1.54, 1.807) is 0 Å². The van der Waals surface area contributed by atoms with Crippen molar-refractivity contribution in [2.24, 2.45) is 4.99 Å². The zero-order valence-electron chi connectivity index (χ0n) is 7.41. The van der Waals surface area contributed by atoms with Crippen LogP contribution in [0.15, 0.2) is 29.3 Å². The number of aliphatic imine (C=N–C) groups is 1. The number of alkyl halides is 1. The minimum absolute atomic E-state index is 0.167. The van der Waals surface area contributed by atoms with E-state index in [0.29, 0.717) is 5.90 Å². The molecule has 1 aromatic rings. The molecule has 0 radical (unpaired) electrons. The number of benzene rings is 1. The Morgan fingerprint density at radius 1 is 1.43 bits per heavy atom. The summed E-state index contributed by atoms with van der Waals surface area (Å²) in [7, 11) is 0. The van der Waals surface area contributed by atoms with Crippen molar-refractivity contribution in [2.75, 3.05) is 11.9 Å². The molecule has 2 nitrogen and oxygen atoms in total. The first-order chi connectivity index (χ1) is 6.79. The summed E-state index contributed by atoms with van der Waals surface area (Å²) in [5.41, 5.74) is 0.984. The normalized spacial score (nSPS) is 20.4. The number of nitrogens with zero attached hydrogens (tertiary/aromatic N) is 1. The quantitative estimate of drug-likeness (QED) is 0.760. The molecule has 1 aliphatic rings. The number of hydrogen-bond donors (Lipinski definition) is 0. The minimum atomic E-state index is 0.167. The third-order valence-electron chi connectivity index (χ3n) is 1.98. The van der Waals surface area contributed by atoms with Crippen molar-refractivity contribution in [3.8, 4) is 0 Å². The van der Waals surface area contributed by atoms with Gasteiger partial charge >= 0.3 is 0 Å². The molecule has 1 aliphatic heterocycles. The second-order valence-electron chi connectivity index (χ2n) is 3.05. The molecule has 1 heterocycles. The lowest BCUT2D eigenvalue weighted by Crippen LogP contribution is -2.14. The first-order valence-electron chi connectivity index (χ1n) is 4.32. The average molecular weight is 275 g/mol. The van der Waals surface area contributed by atoms with Crippen LogP contribution in [0.3, 0.4) is 0 Å². The van der Waals surface area contributed by atoms with Crippen molar-refractivity contribution in [3.63, 3.8) is 0 Å². The van der Waals surface area contributed by atoms with Crippen LogP contribution in [0.4, 0.5) is 0 Å². The molecule has 74 valence electrons. The van der Waals surface area contributed by atoms with Crippen molar-refractivity contribution in [2.45, 2.75) is 6.10 Å². The number of halogens is 2. The summed E-state index contributed by atoms with van der Waals surface area (Å²) >= 11 is 9.15. The van der Waals surface area contributed by atoms with Gasteiger partial charge in [0.1, 0.15) is 6.10 Å². The highest BCUT2D eigenvalue weighted by Crippen LogP contribution is 2.16. The molecule has 0 N–H and O–H groups in total. The lowest BCUT2D eigenvalue weighted by molar-refractivity contribution is 0.252. The maximum atomic E-state index is 5.79. The van der Waals surface area contributed by atoms with Crippen LogP contribution in [0.5, 0.6) is 0 Å². The van der Waals surface area contributed by atoms with Gasteiger partial charge in [-0.25, -0.2) is 4.99 Å². The molecule has 0 aromatic heterocycles. The predicted molar refractivity (Wildman–Crippen MR) is 61.5 cm³/mol. The van der Waals surface area contributed by atoms with Crippen LogP contribution in [-0.2, 0) is 4.74 Å². The van der Waals surface area contributed by atoms with Crippen molar-refractivity contribution in [1.29, 1.82) is 0 Å². The van der Waals surface area contributed by atoms with Crippen LogP contribution >= 0.6 is 27.5 Å². The highest BCUT2D eigenvalue weighted by molar-refractivity contribution is 9.09. The zero-order chi connectivity index (χ0) is 9.97. The summed E-state index contributed by atoms with van der Waals surface area (Å²) in [6.45, 7) is 0.725. The molecule has 0 spiro atoms. The lowest BCUT2D eigenvalue weighted by Gasteiger charge is -2.07. The van der Waals surface area contributed by atoms with E-state index in [4.69, 9.17) is 16.3 Å². The fraction of sp³-hybridized carbons (Fsp3) is 0.300. The van der Waals surface area contributed by atoms with Gasteiger partial charge in [0.05, 0.1) is 6.54 Å². The Bertz CT molecular complexity index is 350. The van der Waals surface area contributed by atoms with Crippen LogP contribution < -0.4 is 0 Å². The zero-order valence-corrected chi connectivity index (χ0v) is 9.75. The van der Waals surface area contributed by atoms with Crippen LogP contribution in [0.1, 0.15) is 5.56 Å².